The molecular formula is C35H40Cl2Zr-2. The average Bonchev–Trinajstić information content (AvgIpc) is 3.51. The van der Waals surface area contributed by atoms with Crippen molar-refractivity contribution in [1.29, 1.82) is 0 Å². The van der Waals surface area contributed by atoms with E-state index in [9.17, 15) is 0 Å². The summed E-state index contributed by atoms with van der Waals surface area (Å²) in [7, 11) is 11.1. The van der Waals surface area contributed by atoms with Crippen LogP contribution in [0.25, 0.3) is 32.7 Å². The second-order valence-electron chi connectivity index (χ2n) is 12.0. The van der Waals surface area contributed by atoms with Gasteiger partial charge in [-0.05, 0) is 10.8 Å². The quantitative estimate of drug-likeness (QED) is 0.163. The van der Waals surface area contributed by atoms with Crippen LogP contribution in [-0.4, -0.2) is 3.21 Å². The summed E-state index contributed by atoms with van der Waals surface area (Å²) >= 11 is -1.84. The van der Waals surface area contributed by atoms with Crippen molar-refractivity contribution in [2.45, 2.75) is 66.2 Å². The van der Waals surface area contributed by atoms with Gasteiger partial charge in [-0.2, -0.15) is 23.8 Å². The van der Waals surface area contributed by atoms with Gasteiger partial charge in [-0.3, -0.25) is 0 Å². The second kappa shape index (κ2) is 13.0. The molecule has 0 saturated heterocycles. The fourth-order valence-corrected chi connectivity index (χ4v) is 4.15. The van der Waals surface area contributed by atoms with E-state index in [-0.39, 0.29) is 10.8 Å². The Bertz CT molecular complexity index is 1400. The fourth-order valence-electron chi connectivity index (χ4n) is 4.15. The first-order chi connectivity index (χ1) is 17.8. The van der Waals surface area contributed by atoms with E-state index in [1.807, 2.05) is 19.9 Å². The Morgan fingerprint density at radius 1 is 0.658 bits per heavy atom. The minimum absolute atomic E-state index is 0.203. The van der Waals surface area contributed by atoms with Crippen molar-refractivity contribution in [3.8, 4) is 11.1 Å². The molecule has 0 nitrogen and oxygen atoms in total. The summed E-state index contributed by atoms with van der Waals surface area (Å²) in [6.45, 7) is 17.6. The topological polar surface area (TPSA) is 0 Å². The van der Waals surface area contributed by atoms with Crippen LogP contribution in [0, 0.1) is 0 Å². The maximum Gasteiger partial charge on any atom is -0.0638 e. The van der Waals surface area contributed by atoms with Gasteiger partial charge in [0.2, 0.25) is 0 Å². The van der Waals surface area contributed by atoms with Crippen LogP contribution in [0.1, 0.15) is 66.5 Å². The molecule has 0 saturated carbocycles. The van der Waals surface area contributed by atoms with Gasteiger partial charge in [0.15, 0.2) is 0 Å². The van der Waals surface area contributed by atoms with Crippen LogP contribution in [0.3, 0.4) is 0 Å². The van der Waals surface area contributed by atoms with Gasteiger partial charge in [0.1, 0.15) is 0 Å². The van der Waals surface area contributed by atoms with Crippen molar-refractivity contribution in [2.75, 3.05) is 0 Å². The van der Waals surface area contributed by atoms with Gasteiger partial charge in [0.05, 0.1) is 0 Å². The zero-order chi connectivity index (χ0) is 28.1. The average molecular weight is 623 g/mol. The van der Waals surface area contributed by atoms with Crippen LogP contribution in [0.2, 0.25) is 0 Å². The molecule has 0 spiro atoms. The van der Waals surface area contributed by atoms with E-state index in [2.05, 4.69) is 133 Å². The van der Waals surface area contributed by atoms with E-state index < -0.39 is 18.9 Å². The van der Waals surface area contributed by atoms with Gasteiger partial charge in [-0.25, -0.2) is 0 Å². The minimum atomic E-state index is -1.84. The Hall–Kier alpha value is -1.79. The largest absolute Gasteiger partial charge is 0.176 e. The van der Waals surface area contributed by atoms with Crippen molar-refractivity contribution in [3.63, 3.8) is 0 Å². The van der Waals surface area contributed by atoms with Crippen LogP contribution < -0.4 is 0 Å². The van der Waals surface area contributed by atoms with Crippen LogP contribution in [0.5, 0.6) is 0 Å². The zero-order valence-corrected chi connectivity index (χ0v) is 28.0. The summed E-state index contributed by atoms with van der Waals surface area (Å²) in [6, 6.07) is 34.9. The number of rotatable bonds is 1. The SMILES string of the molecule is CC(C)(C)c1ccc2c(c1)[cH-]c1cc(C(C)(C)C)ccc12.C[C](C)=[Zr]([Cl])[Cl].c1ccc(-c2ccc[cH-]2)cc1. The molecule has 5 aromatic carbocycles. The Labute approximate surface area is 244 Å². The molecule has 3 heteroatoms. The molecule has 0 amide bonds. The van der Waals surface area contributed by atoms with E-state index in [4.69, 9.17) is 17.0 Å². The molecule has 0 aliphatic rings. The molecule has 0 bridgehead atoms. The normalized spacial score (nSPS) is 11.4. The molecule has 0 unspecified atom stereocenters. The fraction of sp³-hybridized carbons (Fsp3) is 0.286. The van der Waals surface area contributed by atoms with Crippen LogP contribution in [0.4, 0.5) is 0 Å². The molecule has 200 valence electrons. The van der Waals surface area contributed by atoms with Gasteiger partial charge in [-0.15, -0.1) is 51.4 Å². The Morgan fingerprint density at radius 2 is 1.13 bits per heavy atom. The van der Waals surface area contributed by atoms with E-state index in [0.717, 1.165) is 0 Å². The van der Waals surface area contributed by atoms with Crippen molar-refractivity contribution in [3.05, 3.63) is 108 Å². The second-order valence-corrected chi connectivity index (χ2v) is 21.4. The van der Waals surface area contributed by atoms with E-state index in [1.54, 1.807) is 0 Å². The van der Waals surface area contributed by atoms with Gasteiger partial charge < -0.3 is 0 Å². The van der Waals surface area contributed by atoms with Crippen LogP contribution in [0.15, 0.2) is 97.1 Å². The molecule has 0 N–H and O–H groups in total. The number of hydrogen-bond donors (Lipinski definition) is 0. The number of benzene rings is 3. The molecule has 0 atom stereocenters. The van der Waals surface area contributed by atoms with E-state index in [1.165, 1.54) is 47.0 Å². The Kier molecular flexibility index (Phi) is 10.6. The molecule has 0 radical (unpaired) electrons. The van der Waals surface area contributed by atoms with Crippen molar-refractivity contribution in [2.24, 2.45) is 0 Å². The van der Waals surface area contributed by atoms with E-state index >= 15 is 0 Å². The summed E-state index contributed by atoms with van der Waals surface area (Å²) in [5, 5.41) is 5.48. The zero-order valence-electron chi connectivity index (χ0n) is 24.0. The first-order valence-corrected chi connectivity index (χ1v) is 20.7. The summed E-state index contributed by atoms with van der Waals surface area (Å²) < 4.78 is 1.24. The van der Waals surface area contributed by atoms with Gasteiger partial charge in [-0.1, -0.05) is 107 Å². The molecule has 0 heterocycles. The monoisotopic (exact) mass is 620 g/mol. The number of hydrogen-bond acceptors (Lipinski definition) is 0. The maximum atomic E-state index is 5.54. The standard InChI is InChI=1S/C21H25.C11H9.C3H6.2ClH.Zr/c1-20(2,3)16-7-9-18-14(12-16)11-15-13-17(21(4,5)6)8-10-19(15)18;1-2-6-10(7-3-1)11-8-4-5-9-11;1-3-2;;;/h7-13H,1-6H3;1-9H;1-2H3;2*1H;/q2*-1;;;;+2/p-2. The third kappa shape index (κ3) is 8.35. The smallest absolute Gasteiger partial charge is 0.0638 e. The summed E-state index contributed by atoms with van der Waals surface area (Å²) in [5.74, 6) is 0. The molecule has 38 heavy (non-hydrogen) atoms. The van der Waals surface area contributed by atoms with Gasteiger partial charge in [0.25, 0.3) is 0 Å². The van der Waals surface area contributed by atoms with E-state index in [0.29, 0.717) is 0 Å². The summed E-state index contributed by atoms with van der Waals surface area (Å²) in [4.78, 5) is 0. The van der Waals surface area contributed by atoms with Crippen LogP contribution >= 0.6 is 17.0 Å². The Morgan fingerprint density at radius 3 is 1.50 bits per heavy atom. The molecular weight excluding hydrogens is 583 g/mol. The molecule has 5 rings (SSSR count). The molecule has 0 aliphatic carbocycles. The van der Waals surface area contributed by atoms with Gasteiger partial charge in [0, 0.05) is 0 Å². The van der Waals surface area contributed by atoms with Gasteiger partial charge >= 0.3 is 53.0 Å². The Balaban J connectivity index is 0.000000195. The third-order valence-corrected chi connectivity index (χ3v) is 12.9. The first kappa shape index (κ1) is 30.8. The number of halogens is 2. The van der Waals surface area contributed by atoms with Crippen molar-refractivity contribution in [1.82, 2.24) is 0 Å². The minimum Gasteiger partial charge on any atom is -0.176 e. The van der Waals surface area contributed by atoms with Crippen molar-refractivity contribution < 1.29 is 18.9 Å². The molecule has 0 aliphatic heterocycles. The first-order valence-electron chi connectivity index (χ1n) is 13.2. The predicted octanol–water partition coefficient (Wildman–Crippen LogP) is 11.5. The van der Waals surface area contributed by atoms with Crippen molar-refractivity contribution >= 4 is 41.8 Å². The predicted molar refractivity (Wildman–Crippen MR) is 170 cm³/mol. The maximum absolute atomic E-state index is 5.54. The molecule has 0 fully saturated rings. The third-order valence-electron chi connectivity index (χ3n) is 6.58. The molecule has 5 aromatic rings. The number of fused-ring (bicyclic) bond motifs is 3. The summed E-state index contributed by atoms with van der Waals surface area (Å²) in [6.07, 6.45) is 0. The summed E-state index contributed by atoms with van der Waals surface area (Å²) in [5.41, 5.74) is 5.80. The molecule has 0 aromatic heterocycles. The van der Waals surface area contributed by atoms with Crippen LogP contribution in [-0.2, 0) is 29.7 Å².